The highest BCUT2D eigenvalue weighted by atomic mass is 16.5. The zero-order chi connectivity index (χ0) is 14.1. The predicted molar refractivity (Wildman–Crippen MR) is 73.5 cm³/mol. The monoisotopic (exact) mass is 266 g/mol. The molecule has 0 radical (unpaired) electrons. The standard InChI is InChI=1S/C14H22N2O3/c1-18-10-12-5-3-4-11(6-12)9-16-14(17)7-13(8-15)19-2/h3-6,13H,7-10,15H2,1-2H3,(H,16,17). The van der Waals surface area contributed by atoms with Gasteiger partial charge in [0.15, 0.2) is 0 Å². The Morgan fingerprint density at radius 3 is 2.74 bits per heavy atom. The number of ether oxygens (including phenoxy) is 2. The minimum absolute atomic E-state index is 0.0607. The molecule has 5 heteroatoms. The molecular formula is C14H22N2O3. The van der Waals surface area contributed by atoms with E-state index in [-0.39, 0.29) is 18.4 Å². The first-order chi connectivity index (χ1) is 9.19. The Morgan fingerprint density at radius 2 is 2.11 bits per heavy atom. The second-order valence-corrected chi connectivity index (χ2v) is 4.33. The van der Waals surface area contributed by atoms with Crippen molar-refractivity contribution in [1.29, 1.82) is 0 Å². The van der Waals surface area contributed by atoms with Crippen molar-refractivity contribution in [2.24, 2.45) is 5.73 Å². The van der Waals surface area contributed by atoms with Crippen LogP contribution in [0.5, 0.6) is 0 Å². The van der Waals surface area contributed by atoms with Gasteiger partial charge >= 0.3 is 0 Å². The molecular weight excluding hydrogens is 244 g/mol. The summed E-state index contributed by atoms with van der Waals surface area (Å²) < 4.78 is 10.1. The van der Waals surface area contributed by atoms with Gasteiger partial charge in [-0.05, 0) is 11.1 Å². The summed E-state index contributed by atoms with van der Waals surface area (Å²) in [6.07, 6.45) is 0.0601. The van der Waals surface area contributed by atoms with Crippen molar-refractivity contribution in [1.82, 2.24) is 5.32 Å². The summed E-state index contributed by atoms with van der Waals surface area (Å²) in [6, 6.07) is 7.93. The third-order valence-corrected chi connectivity index (χ3v) is 2.80. The van der Waals surface area contributed by atoms with E-state index in [1.807, 2.05) is 24.3 Å². The lowest BCUT2D eigenvalue weighted by Crippen LogP contribution is -2.31. The van der Waals surface area contributed by atoms with Crippen LogP contribution in [0.3, 0.4) is 0 Å². The summed E-state index contributed by atoms with van der Waals surface area (Å²) >= 11 is 0. The minimum Gasteiger partial charge on any atom is -0.380 e. The van der Waals surface area contributed by atoms with E-state index in [9.17, 15) is 4.79 Å². The van der Waals surface area contributed by atoms with Crippen LogP contribution < -0.4 is 11.1 Å². The number of benzene rings is 1. The summed E-state index contributed by atoms with van der Waals surface area (Å²) in [5.41, 5.74) is 7.61. The van der Waals surface area contributed by atoms with Crippen LogP contribution in [0, 0.1) is 0 Å². The highest BCUT2D eigenvalue weighted by molar-refractivity contribution is 5.76. The number of rotatable bonds is 8. The van der Waals surface area contributed by atoms with Crippen molar-refractivity contribution in [3.05, 3.63) is 35.4 Å². The molecule has 0 aliphatic carbocycles. The fourth-order valence-electron chi connectivity index (χ4n) is 1.74. The van der Waals surface area contributed by atoms with Crippen molar-refractivity contribution in [3.63, 3.8) is 0 Å². The van der Waals surface area contributed by atoms with E-state index in [0.29, 0.717) is 19.7 Å². The smallest absolute Gasteiger partial charge is 0.222 e. The van der Waals surface area contributed by atoms with Crippen LogP contribution in [0.15, 0.2) is 24.3 Å². The lowest BCUT2D eigenvalue weighted by molar-refractivity contribution is -0.123. The molecule has 0 saturated heterocycles. The largest absolute Gasteiger partial charge is 0.380 e. The van der Waals surface area contributed by atoms with E-state index in [0.717, 1.165) is 11.1 Å². The summed E-state index contributed by atoms with van der Waals surface area (Å²) in [6.45, 7) is 1.41. The highest BCUT2D eigenvalue weighted by Crippen LogP contribution is 2.06. The molecule has 0 bridgehead atoms. The van der Waals surface area contributed by atoms with Crippen molar-refractivity contribution >= 4 is 5.91 Å². The van der Waals surface area contributed by atoms with Gasteiger partial charge in [0.2, 0.25) is 5.91 Å². The van der Waals surface area contributed by atoms with Gasteiger partial charge in [-0.1, -0.05) is 24.3 Å². The number of nitrogens with two attached hydrogens (primary N) is 1. The molecule has 1 aromatic carbocycles. The fraction of sp³-hybridized carbons (Fsp3) is 0.500. The number of carbonyl (C=O) groups excluding carboxylic acids is 1. The number of hydrogen-bond donors (Lipinski definition) is 2. The number of hydrogen-bond acceptors (Lipinski definition) is 4. The summed E-state index contributed by atoms with van der Waals surface area (Å²) in [5, 5.41) is 2.85. The molecule has 5 nitrogen and oxygen atoms in total. The Labute approximate surface area is 114 Å². The van der Waals surface area contributed by atoms with Crippen molar-refractivity contribution in [3.8, 4) is 0 Å². The molecule has 1 amide bonds. The highest BCUT2D eigenvalue weighted by Gasteiger charge is 2.10. The molecule has 0 heterocycles. The lowest BCUT2D eigenvalue weighted by atomic mass is 10.1. The average molecular weight is 266 g/mol. The number of nitrogens with one attached hydrogen (secondary N) is 1. The Bertz CT molecular complexity index is 392. The molecule has 0 saturated carbocycles. The van der Waals surface area contributed by atoms with Gasteiger partial charge in [0.1, 0.15) is 0 Å². The van der Waals surface area contributed by atoms with E-state index in [1.54, 1.807) is 14.2 Å². The second kappa shape index (κ2) is 8.63. The van der Waals surface area contributed by atoms with E-state index in [2.05, 4.69) is 5.32 Å². The Morgan fingerprint density at radius 1 is 1.37 bits per heavy atom. The second-order valence-electron chi connectivity index (χ2n) is 4.33. The number of methoxy groups -OCH3 is 2. The van der Waals surface area contributed by atoms with Crippen LogP contribution in [0.1, 0.15) is 17.5 Å². The maximum atomic E-state index is 11.7. The molecule has 1 aromatic rings. The molecule has 19 heavy (non-hydrogen) atoms. The first-order valence-corrected chi connectivity index (χ1v) is 6.26. The van der Waals surface area contributed by atoms with Gasteiger partial charge in [-0.25, -0.2) is 0 Å². The maximum absolute atomic E-state index is 11.7. The van der Waals surface area contributed by atoms with Gasteiger partial charge in [-0.15, -0.1) is 0 Å². The third-order valence-electron chi connectivity index (χ3n) is 2.80. The third kappa shape index (κ3) is 5.83. The zero-order valence-electron chi connectivity index (χ0n) is 11.5. The van der Waals surface area contributed by atoms with Crippen LogP contribution in [-0.4, -0.2) is 32.8 Å². The van der Waals surface area contributed by atoms with Crippen LogP contribution in [0.25, 0.3) is 0 Å². The normalized spacial score (nSPS) is 12.2. The lowest BCUT2D eigenvalue weighted by Gasteiger charge is -2.12. The molecule has 3 N–H and O–H groups in total. The molecule has 0 spiro atoms. The van der Waals surface area contributed by atoms with Crippen LogP contribution in [-0.2, 0) is 27.4 Å². The average Bonchev–Trinajstić information content (AvgIpc) is 2.43. The van der Waals surface area contributed by atoms with Gasteiger partial charge < -0.3 is 20.5 Å². The zero-order valence-corrected chi connectivity index (χ0v) is 11.5. The van der Waals surface area contributed by atoms with Crippen molar-refractivity contribution in [2.75, 3.05) is 20.8 Å². The van der Waals surface area contributed by atoms with Gasteiger partial charge in [-0.3, -0.25) is 4.79 Å². The molecule has 1 atom stereocenters. The first-order valence-electron chi connectivity index (χ1n) is 6.26. The van der Waals surface area contributed by atoms with Gasteiger partial charge in [0.25, 0.3) is 0 Å². The predicted octanol–water partition coefficient (Wildman–Crippen LogP) is 0.813. The van der Waals surface area contributed by atoms with Gasteiger partial charge in [0, 0.05) is 27.3 Å². The Kier molecular flexibility index (Phi) is 7.10. The number of carbonyl (C=O) groups is 1. The van der Waals surface area contributed by atoms with Crippen LogP contribution in [0.2, 0.25) is 0 Å². The molecule has 106 valence electrons. The number of amides is 1. The molecule has 0 aromatic heterocycles. The van der Waals surface area contributed by atoms with E-state index in [4.69, 9.17) is 15.2 Å². The van der Waals surface area contributed by atoms with E-state index < -0.39 is 0 Å². The van der Waals surface area contributed by atoms with Crippen molar-refractivity contribution in [2.45, 2.75) is 25.7 Å². The minimum atomic E-state index is -0.222. The van der Waals surface area contributed by atoms with Gasteiger partial charge in [0.05, 0.1) is 19.1 Å². The van der Waals surface area contributed by atoms with E-state index >= 15 is 0 Å². The molecule has 1 rings (SSSR count). The Hall–Kier alpha value is -1.43. The van der Waals surface area contributed by atoms with Crippen LogP contribution in [0.4, 0.5) is 0 Å². The van der Waals surface area contributed by atoms with Gasteiger partial charge in [-0.2, -0.15) is 0 Å². The molecule has 0 aliphatic rings. The van der Waals surface area contributed by atoms with Crippen LogP contribution >= 0.6 is 0 Å². The first kappa shape index (κ1) is 15.6. The Balaban J connectivity index is 2.43. The van der Waals surface area contributed by atoms with E-state index in [1.165, 1.54) is 0 Å². The molecule has 1 unspecified atom stereocenters. The molecule has 0 fully saturated rings. The summed E-state index contributed by atoms with van der Waals surface area (Å²) in [5.74, 6) is -0.0607. The topological polar surface area (TPSA) is 73.6 Å². The summed E-state index contributed by atoms with van der Waals surface area (Å²) in [4.78, 5) is 11.7. The molecule has 0 aliphatic heterocycles. The fourth-order valence-corrected chi connectivity index (χ4v) is 1.74. The summed E-state index contributed by atoms with van der Waals surface area (Å²) in [7, 11) is 3.21. The van der Waals surface area contributed by atoms with Crippen molar-refractivity contribution < 1.29 is 14.3 Å². The SMILES string of the molecule is COCc1cccc(CNC(=O)CC(CN)OC)c1. The quantitative estimate of drug-likeness (QED) is 0.730. The maximum Gasteiger partial charge on any atom is 0.222 e.